The molecule has 0 saturated carbocycles. The third kappa shape index (κ3) is 4.66. The molecule has 0 fully saturated rings. The van der Waals surface area contributed by atoms with E-state index in [-0.39, 0.29) is 0 Å². The van der Waals surface area contributed by atoms with Crippen molar-refractivity contribution in [2.75, 3.05) is 0 Å². The van der Waals surface area contributed by atoms with Gasteiger partial charge in [-0.25, -0.2) is 0 Å². The number of fused-ring (bicyclic) bond motifs is 9. The Hall–Kier alpha value is -7.62. The predicted molar refractivity (Wildman–Crippen MR) is 240 cm³/mol. The molecule has 0 aliphatic rings. The molecule has 0 amide bonds. The highest BCUT2D eigenvalue weighted by molar-refractivity contribution is 6.13. The molecule has 0 aliphatic heterocycles. The molecule has 12 aromatic rings. The van der Waals surface area contributed by atoms with E-state index in [2.05, 4.69) is 226 Å². The summed E-state index contributed by atoms with van der Waals surface area (Å²) in [5.74, 6) is 0. The van der Waals surface area contributed by atoms with Crippen LogP contribution in [0.1, 0.15) is 0 Å². The van der Waals surface area contributed by atoms with Crippen molar-refractivity contribution in [1.82, 2.24) is 13.7 Å². The second-order valence-corrected chi connectivity index (χ2v) is 14.9. The minimum Gasteiger partial charge on any atom is -0.309 e. The third-order valence-electron chi connectivity index (χ3n) is 11.9. The van der Waals surface area contributed by atoms with Crippen molar-refractivity contribution in [3.63, 3.8) is 0 Å². The maximum atomic E-state index is 2.46. The topological polar surface area (TPSA) is 14.8 Å². The number of rotatable bonds is 5. The molecule has 9 aromatic carbocycles. The Labute approximate surface area is 329 Å². The van der Waals surface area contributed by atoms with E-state index in [1.807, 2.05) is 0 Å². The summed E-state index contributed by atoms with van der Waals surface area (Å²) in [5, 5.41) is 7.50. The molecule has 3 aromatic heterocycles. The van der Waals surface area contributed by atoms with Gasteiger partial charge in [0.15, 0.2) is 0 Å². The zero-order chi connectivity index (χ0) is 37.5. The van der Waals surface area contributed by atoms with Gasteiger partial charge in [-0.2, -0.15) is 0 Å². The molecule has 0 aliphatic carbocycles. The molecule has 3 heterocycles. The average Bonchev–Trinajstić information content (AvgIpc) is 3.92. The monoisotopic (exact) mass is 725 g/mol. The molecule has 3 nitrogen and oxygen atoms in total. The number of hydrogen-bond donors (Lipinski definition) is 0. The molecule has 0 atom stereocenters. The summed E-state index contributed by atoms with van der Waals surface area (Å²) in [7, 11) is 0. The van der Waals surface area contributed by atoms with E-state index < -0.39 is 0 Å². The minimum atomic E-state index is 1.15. The second kappa shape index (κ2) is 12.5. The van der Waals surface area contributed by atoms with Crippen LogP contribution in [-0.4, -0.2) is 13.7 Å². The lowest BCUT2D eigenvalue weighted by molar-refractivity contribution is 1.16. The average molecular weight is 726 g/mol. The van der Waals surface area contributed by atoms with Crippen molar-refractivity contribution in [3.8, 4) is 39.3 Å². The van der Waals surface area contributed by atoms with Crippen molar-refractivity contribution in [2.24, 2.45) is 0 Å². The van der Waals surface area contributed by atoms with Gasteiger partial charge in [-0.1, -0.05) is 152 Å². The van der Waals surface area contributed by atoms with Crippen LogP contribution in [-0.2, 0) is 0 Å². The second-order valence-electron chi connectivity index (χ2n) is 14.9. The number of aromatic nitrogens is 3. The van der Waals surface area contributed by atoms with Gasteiger partial charge in [0.2, 0.25) is 0 Å². The molecule has 0 N–H and O–H groups in total. The summed E-state index contributed by atoms with van der Waals surface area (Å²) in [6.07, 6.45) is 0. The van der Waals surface area contributed by atoms with Crippen LogP contribution in [0.2, 0.25) is 0 Å². The lowest BCUT2D eigenvalue weighted by atomic mass is 10.00. The maximum absolute atomic E-state index is 2.46. The molecule has 0 spiro atoms. The number of hydrogen-bond acceptors (Lipinski definition) is 0. The van der Waals surface area contributed by atoms with Crippen molar-refractivity contribution in [3.05, 3.63) is 212 Å². The molecule has 12 rings (SSSR count). The maximum Gasteiger partial charge on any atom is 0.0541 e. The Morgan fingerprint density at radius 2 is 0.491 bits per heavy atom. The Morgan fingerprint density at radius 1 is 0.211 bits per heavy atom. The Balaban J connectivity index is 1.08. The molecular formula is C54H35N3. The van der Waals surface area contributed by atoms with E-state index in [1.54, 1.807) is 0 Å². The first kappa shape index (κ1) is 31.7. The molecule has 0 bridgehead atoms. The highest BCUT2D eigenvalue weighted by Gasteiger charge is 2.21. The SMILES string of the molecule is c1ccc(-n2c3ccccc3c3ccccc32)c(-c2ccc3c(c2)c2ccccc2n3-c2ccccc2-c2ccccc2-n2c3ccccc3c3ccccc32)c1. The third-order valence-corrected chi connectivity index (χ3v) is 11.9. The fourth-order valence-electron chi connectivity index (χ4n) is 9.47. The van der Waals surface area contributed by atoms with E-state index in [9.17, 15) is 0 Å². The standard InChI is InChI=1S/C54H35N3/c1-9-25-46(55-47-26-10-2-18-38(47)39-19-3-11-27-48(39)55)37(17-1)36-33-34-54-45(35-36)44-24-8-16-32-53(44)57(54)52-31-15-7-23-43(52)42-22-6-14-30-51(42)56-49-28-12-4-20-40(49)41-21-5-13-29-50(41)56/h1-35H. The summed E-state index contributed by atoms with van der Waals surface area (Å²) >= 11 is 0. The molecule has 266 valence electrons. The molecule has 57 heavy (non-hydrogen) atoms. The van der Waals surface area contributed by atoms with Crippen LogP contribution < -0.4 is 0 Å². The Kier molecular flexibility index (Phi) is 6.93. The van der Waals surface area contributed by atoms with Crippen LogP contribution in [0.5, 0.6) is 0 Å². The predicted octanol–water partition coefficient (Wildman–Crippen LogP) is 14.3. The summed E-state index contributed by atoms with van der Waals surface area (Å²) in [6, 6.07) is 77.4. The zero-order valence-electron chi connectivity index (χ0n) is 31.0. The van der Waals surface area contributed by atoms with Crippen LogP contribution >= 0.6 is 0 Å². The van der Waals surface area contributed by atoms with Gasteiger partial charge in [0.1, 0.15) is 0 Å². The van der Waals surface area contributed by atoms with Crippen LogP contribution in [0.3, 0.4) is 0 Å². The molecule has 0 radical (unpaired) electrons. The van der Waals surface area contributed by atoms with Gasteiger partial charge in [-0.05, 0) is 66.2 Å². The van der Waals surface area contributed by atoms with Crippen LogP contribution in [0.25, 0.3) is 105 Å². The molecule has 3 heteroatoms. The van der Waals surface area contributed by atoms with Crippen LogP contribution in [0.4, 0.5) is 0 Å². The van der Waals surface area contributed by atoms with E-state index in [1.165, 1.54) is 93.4 Å². The first-order chi connectivity index (χ1) is 28.3. The summed E-state index contributed by atoms with van der Waals surface area (Å²) < 4.78 is 7.33. The van der Waals surface area contributed by atoms with Crippen molar-refractivity contribution in [1.29, 1.82) is 0 Å². The van der Waals surface area contributed by atoms with Crippen molar-refractivity contribution >= 4 is 65.4 Å². The van der Waals surface area contributed by atoms with E-state index in [0.29, 0.717) is 0 Å². The fourth-order valence-corrected chi connectivity index (χ4v) is 9.47. The summed E-state index contributed by atoms with van der Waals surface area (Å²) in [6.45, 7) is 0. The normalized spacial score (nSPS) is 11.9. The fraction of sp³-hybridized carbons (Fsp3) is 0. The van der Waals surface area contributed by atoms with Crippen LogP contribution in [0, 0.1) is 0 Å². The highest BCUT2D eigenvalue weighted by Crippen LogP contribution is 2.42. The summed E-state index contributed by atoms with van der Waals surface area (Å²) in [4.78, 5) is 0. The lowest BCUT2D eigenvalue weighted by Crippen LogP contribution is -2.01. The van der Waals surface area contributed by atoms with Crippen molar-refractivity contribution in [2.45, 2.75) is 0 Å². The minimum absolute atomic E-state index is 1.15. The van der Waals surface area contributed by atoms with Crippen LogP contribution in [0.15, 0.2) is 212 Å². The van der Waals surface area contributed by atoms with E-state index in [4.69, 9.17) is 0 Å². The van der Waals surface area contributed by atoms with Crippen molar-refractivity contribution < 1.29 is 0 Å². The first-order valence-electron chi connectivity index (χ1n) is 19.6. The van der Waals surface area contributed by atoms with E-state index >= 15 is 0 Å². The van der Waals surface area contributed by atoms with Gasteiger partial charge in [-0.3, -0.25) is 0 Å². The van der Waals surface area contributed by atoms with Gasteiger partial charge < -0.3 is 13.7 Å². The molecular weight excluding hydrogens is 691 g/mol. The molecule has 0 saturated heterocycles. The van der Waals surface area contributed by atoms with E-state index in [0.717, 1.165) is 11.4 Å². The van der Waals surface area contributed by atoms with Gasteiger partial charge in [-0.15, -0.1) is 0 Å². The van der Waals surface area contributed by atoms with Gasteiger partial charge >= 0.3 is 0 Å². The highest BCUT2D eigenvalue weighted by atomic mass is 15.0. The van der Waals surface area contributed by atoms with Gasteiger partial charge in [0.25, 0.3) is 0 Å². The molecule has 0 unspecified atom stereocenters. The summed E-state index contributed by atoms with van der Waals surface area (Å²) in [5.41, 5.74) is 15.4. The van der Waals surface area contributed by atoms with Gasteiger partial charge in [0.05, 0.1) is 50.2 Å². The first-order valence-corrected chi connectivity index (χ1v) is 19.6. The zero-order valence-corrected chi connectivity index (χ0v) is 31.0. The smallest absolute Gasteiger partial charge is 0.0541 e. The largest absolute Gasteiger partial charge is 0.309 e. The number of nitrogens with zero attached hydrogens (tertiary/aromatic N) is 3. The Morgan fingerprint density at radius 3 is 0.895 bits per heavy atom. The lowest BCUT2D eigenvalue weighted by Gasteiger charge is -2.18. The number of para-hydroxylation sites is 8. The quantitative estimate of drug-likeness (QED) is 0.168. The number of benzene rings is 9. The Bertz CT molecular complexity index is 3430. The van der Waals surface area contributed by atoms with Gasteiger partial charge in [0, 0.05) is 49.0 Å².